The van der Waals surface area contributed by atoms with Gasteiger partial charge in [0.05, 0.1) is 18.1 Å². The smallest absolute Gasteiger partial charge is 0.263 e. The van der Waals surface area contributed by atoms with Crippen molar-refractivity contribution in [3.8, 4) is 10.6 Å². The van der Waals surface area contributed by atoms with Crippen LogP contribution in [0.5, 0.6) is 0 Å². The molecule has 3 aromatic heterocycles. The lowest BCUT2D eigenvalue weighted by molar-refractivity contribution is 0.0954. The zero-order valence-electron chi connectivity index (χ0n) is 12.5. The zero-order valence-corrected chi connectivity index (χ0v) is 13.3. The maximum atomic E-state index is 12.3. The molecule has 0 saturated carbocycles. The van der Waals surface area contributed by atoms with E-state index in [1.54, 1.807) is 17.1 Å². The van der Waals surface area contributed by atoms with Gasteiger partial charge in [0.2, 0.25) is 0 Å². The van der Waals surface area contributed by atoms with Crippen molar-refractivity contribution in [2.75, 3.05) is 0 Å². The highest BCUT2D eigenvalue weighted by Crippen LogP contribution is 2.27. The van der Waals surface area contributed by atoms with E-state index >= 15 is 0 Å². The summed E-state index contributed by atoms with van der Waals surface area (Å²) in [7, 11) is 1.85. The van der Waals surface area contributed by atoms with Gasteiger partial charge >= 0.3 is 0 Å². The molecule has 3 rings (SSSR count). The van der Waals surface area contributed by atoms with Crippen LogP contribution in [0.3, 0.4) is 0 Å². The molecule has 8 heteroatoms. The Morgan fingerprint density at radius 3 is 2.86 bits per heavy atom. The fourth-order valence-electron chi connectivity index (χ4n) is 2.01. The van der Waals surface area contributed by atoms with Crippen LogP contribution < -0.4 is 5.32 Å². The fourth-order valence-corrected chi connectivity index (χ4v) is 2.96. The Bertz CT molecular complexity index is 817. The predicted octanol–water partition coefficient (Wildman–Crippen LogP) is 2.08. The number of carbonyl (C=O) groups excluding carboxylic acids is 1. The fraction of sp³-hybridized carbons (Fsp3) is 0.286. The highest BCUT2D eigenvalue weighted by Gasteiger charge is 2.17. The van der Waals surface area contributed by atoms with Gasteiger partial charge in [-0.05, 0) is 13.8 Å². The molecule has 114 valence electrons. The number of carbonyl (C=O) groups is 1. The van der Waals surface area contributed by atoms with Crippen LogP contribution in [0.1, 0.15) is 26.7 Å². The molecular formula is C14H15N5O2S. The summed E-state index contributed by atoms with van der Waals surface area (Å²) < 4.78 is 6.68. The Balaban J connectivity index is 1.75. The predicted molar refractivity (Wildman–Crippen MR) is 81.5 cm³/mol. The summed E-state index contributed by atoms with van der Waals surface area (Å²) in [6, 6.07) is 0. The lowest BCUT2D eigenvalue weighted by atomic mass is 10.2. The van der Waals surface area contributed by atoms with E-state index in [0.29, 0.717) is 22.9 Å². The molecule has 1 amide bonds. The van der Waals surface area contributed by atoms with Gasteiger partial charge < -0.3 is 9.84 Å². The lowest BCUT2D eigenvalue weighted by Gasteiger charge is -2.02. The summed E-state index contributed by atoms with van der Waals surface area (Å²) >= 11 is 1.36. The van der Waals surface area contributed by atoms with Gasteiger partial charge in [0, 0.05) is 30.9 Å². The first-order valence-corrected chi connectivity index (χ1v) is 7.51. The summed E-state index contributed by atoms with van der Waals surface area (Å²) in [4.78, 5) is 17.4. The summed E-state index contributed by atoms with van der Waals surface area (Å²) in [5, 5.41) is 11.5. The average Bonchev–Trinajstić information content (AvgIpc) is 3.17. The van der Waals surface area contributed by atoms with Crippen LogP contribution in [0.15, 0.2) is 23.1 Å². The van der Waals surface area contributed by atoms with E-state index in [9.17, 15) is 4.79 Å². The van der Waals surface area contributed by atoms with Crippen LogP contribution in [0.4, 0.5) is 0 Å². The molecule has 0 aliphatic rings. The van der Waals surface area contributed by atoms with Gasteiger partial charge in [-0.1, -0.05) is 5.16 Å². The molecular weight excluding hydrogens is 302 g/mol. The van der Waals surface area contributed by atoms with Crippen molar-refractivity contribution in [3.63, 3.8) is 0 Å². The van der Waals surface area contributed by atoms with Gasteiger partial charge in [0.15, 0.2) is 0 Å². The van der Waals surface area contributed by atoms with E-state index < -0.39 is 0 Å². The lowest BCUT2D eigenvalue weighted by Crippen LogP contribution is -2.22. The Kier molecular flexibility index (Phi) is 3.76. The van der Waals surface area contributed by atoms with E-state index in [1.807, 2.05) is 27.1 Å². The molecule has 0 aliphatic carbocycles. The van der Waals surface area contributed by atoms with E-state index in [0.717, 1.165) is 16.1 Å². The first kappa shape index (κ1) is 14.5. The number of aromatic nitrogens is 4. The van der Waals surface area contributed by atoms with Crippen LogP contribution in [0.2, 0.25) is 0 Å². The maximum Gasteiger partial charge on any atom is 0.263 e. The molecule has 1 N–H and O–H groups in total. The number of thiazole rings is 1. The number of hydrogen-bond acceptors (Lipinski definition) is 6. The third-order valence-electron chi connectivity index (χ3n) is 3.24. The minimum atomic E-state index is -0.147. The molecule has 3 aromatic rings. The maximum absolute atomic E-state index is 12.3. The van der Waals surface area contributed by atoms with Gasteiger partial charge in [-0.15, -0.1) is 11.3 Å². The van der Waals surface area contributed by atoms with Crippen LogP contribution in [0.25, 0.3) is 10.6 Å². The summed E-state index contributed by atoms with van der Waals surface area (Å²) in [5.41, 5.74) is 2.48. The van der Waals surface area contributed by atoms with Crippen molar-refractivity contribution < 1.29 is 9.32 Å². The van der Waals surface area contributed by atoms with Crippen LogP contribution in [0, 0.1) is 13.8 Å². The van der Waals surface area contributed by atoms with Crippen molar-refractivity contribution in [2.45, 2.75) is 20.4 Å². The SMILES string of the molecule is Cc1nc(-c2cnn(C)c2)sc1C(=O)NCc1cnoc1C. The molecule has 0 radical (unpaired) electrons. The van der Waals surface area contributed by atoms with Crippen molar-refractivity contribution in [3.05, 3.63) is 40.5 Å². The molecule has 0 unspecified atom stereocenters. The number of nitrogens with one attached hydrogen (secondary N) is 1. The Morgan fingerprint density at radius 1 is 1.41 bits per heavy atom. The second kappa shape index (κ2) is 5.72. The molecule has 0 aliphatic heterocycles. The zero-order chi connectivity index (χ0) is 15.7. The Morgan fingerprint density at radius 2 is 2.23 bits per heavy atom. The highest BCUT2D eigenvalue weighted by atomic mass is 32.1. The average molecular weight is 317 g/mol. The van der Waals surface area contributed by atoms with Gasteiger partial charge in [-0.3, -0.25) is 9.48 Å². The second-order valence-corrected chi connectivity index (χ2v) is 5.93. The van der Waals surface area contributed by atoms with Crippen LogP contribution in [-0.4, -0.2) is 25.8 Å². The summed E-state index contributed by atoms with van der Waals surface area (Å²) in [6.07, 6.45) is 5.22. The number of nitrogens with zero attached hydrogens (tertiary/aromatic N) is 4. The Hall–Kier alpha value is -2.48. The molecule has 0 atom stereocenters. The van der Waals surface area contributed by atoms with E-state index in [1.165, 1.54) is 11.3 Å². The molecule has 0 bridgehead atoms. The molecule has 0 spiro atoms. The third-order valence-corrected chi connectivity index (χ3v) is 4.45. The third kappa shape index (κ3) is 2.77. The minimum absolute atomic E-state index is 0.147. The normalized spacial score (nSPS) is 10.9. The molecule has 0 fully saturated rings. The summed E-state index contributed by atoms with van der Waals surface area (Å²) in [6.45, 7) is 4.02. The molecule has 22 heavy (non-hydrogen) atoms. The summed E-state index contributed by atoms with van der Waals surface area (Å²) in [5.74, 6) is 0.558. The quantitative estimate of drug-likeness (QED) is 0.796. The van der Waals surface area contributed by atoms with Crippen LogP contribution in [-0.2, 0) is 13.6 Å². The van der Waals surface area contributed by atoms with Crippen molar-refractivity contribution in [1.82, 2.24) is 25.2 Å². The molecule has 0 saturated heterocycles. The molecule has 0 aromatic carbocycles. The van der Waals surface area contributed by atoms with Gasteiger partial charge in [0.1, 0.15) is 15.6 Å². The van der Waals surface area contributed by atoms with E-state index in [2.05, 4.69) is 20.6 Å². The molecule has 7 nitrogen and oxygen atoms in total. The Labute approximate surface area is 131 Å². The van der Waals surface area contributed by atoms with Crippen LogP contribution >= 0.6 is 11.3 Å². The highest BCUT2D eigenvalue weighted by molar-refractivity contribution is 7.17. The standard InChI is InChI=1S/C14H15N5O2S/c1-8-12(13(20)15-4-10-6-17-21-9(10)2)22-14(18-8)11-5-16-19(3)7-11/h5-7H,4H2,1-3H3,(H,15,20). The number of amides is 1. The minimum Gasteiger partial charge on any atom is -0.361 e. The van der Waals surface area contributed by atoms with Gasteiger partial charge in [-0.25, -0.2) is 4.98 Å². The topological polar surface area (TPSA) is 85.8 Å². The van der Waals surface area contributed by atoms with E-state index in [4.69, 9.17) is 4.52 Å². The first-order chi connectivity index (χ1) is 10.5. The van der Waals surface area contributed by atoms with Crippen molar-refractivity contribution in [1.29, 1.82) is 0 Å². The number of rotatable bonds is 4. The second-order valence-electron chi connectivity index (χ2n) is 4.93. The van der Waals surface area contributed by atoms with Gasteiger partial charge in [-0.2, -0.15) is 5.10 Å². The number of hydrogen-bond donors (Lipinski definition) is 1. The monoisotopic (exact) mass is 317 g/mol. The van der Waals surface area contributed by atoms with E-state index in [-0.39, 0.29) is 5.91 Å². The largest absolute Gasteiger partial charge is 0.361 e. The van der Waals surface area contributed by atoms with Gasteiger partial charge in [0.25, 0.3) is 5.91 Å². The van der Waals surface area contributed by atoms with Crippen molar-refractivity contribution in [2.24, 2.45) is 7.05 Å². The molecule has 3 heterocycles. The van der Waals surface area contributed by atoms with Crippen molar-refractivity contribution >= 4 is 17.2 Å². The number of aryl methyl sites for hydroxylation is 3. The first-order valence-electron chi connectivity index (χ1n) is 6.69.